The van der Waals surface area contributed by atoms with Gasteiger partial charge in [-0.05, 0) is 49.7 Å². The molecule has 0 aliphatic heterocycles. The van der Waals surface area contributed by atoms with Gasteiger partial charge in [0.2, 0.25) is 9.47 Å². The van der Waals surface area contributed by atoms with E-state index in [2.05, 4.69) is 20.2 Å². The first kappa shape index (κ1) is 22.7. The van der Waals surface area contributed by atoms with Gasteiger partial charge in [0.1, 0.15) is 18.1 Å². The molecule has 3 rings (SSSR count). The Labute approximate surface area is 184 Å². The third-order valence-corrected chi connectivity index (χ3v) is 6.96. The zero-order chi connectivity index (χ0) is 22.4. The second kappa shape index (κ2) is 9.86. The summed E-state index contributed by atoms with van der Waals surface area (Å²) in [5.41, 5.74) is 1.27. The third-order valence-electron chi connectivity index (χ3n) is 4.16. The Morgan fingerprint density at radius 1 is 1.10 bits per heavy atom. The number of nitrogens with one attached hydrogen (secondary N) is 2. The van der Waals surface area contributed by atoms with Gasteiger partial charge >= 0.3 is 0 Å². The van der Waals surface area contributed by atoms with Crippen molar-refractivity contribution in [1.82, 2.24) is 14.9 Å². The molecule has 11 heteroatoms. The summed E-state index contributed by atoms with van der Waals surface area (Å²) in [5, 5.41) is 10.1. The summed E-state index contributed by atoms with van der Waals surface area (Å²) in [7, 11) is -2.35. The van der Waals surface area contributed by atoms with E-state index in [1.54, 1.807) is 50.4 Å². The molecule has 2 N–H and O–H groups in total. The Morgan fingerprint density at radius 2 is 1.77 bits per heavy atom. The molecule has 164 valence electrons. The van der Waals surface area contributed by atoms with Crippen LogP contribution in [-0.4, -0.2) is 44.3 Å². The molecule has 0 saturated carbocycles. The van der Waals surface area contributed by atoms with Gasteiger partial charge in [-0.1, -0.05) is 29.5 Å². The maximum absolute atomic E-state index is 12.6. The number of aryl methyl sites for hydroxylation is 1. The molecule has 3 aromatic rings. The van der Waals surface area contributed by atoms with Crippen LogP contribution in [0.1, 0.15) is 22.8 Å². The first-order valence-electron chi connectivity index (χ1n) is 9.28. The fourth-order valence-corrected chi connectivity index (χ4v) is 4.74. The van der Waals surface area contributed by atoms with Crippen molar-refractivity contribution in [1.29, 1.82) is 0 Å². The van der Waals surface area contributed by atoms with Crippen LogP contribution in [-0.2, 0) is 10.0 Å². The van der Waals surface area contributed by atoms with Crippen molar-refractivity contribution in [3.63, 3.8) is 0 Å². The highest BCUT2D eigenvalue weighted by atomic mass is 32.2. The fourth-order valence-electron chi connectivity index (χ4n) is 2.60. The Bertz CT molecular complexity index is 1150. The number of ether oxygens (including phenoxy) is 2. The lowest BCUT2D eigenvalue weighted by Gasteiger charge is -2.14. The zero-order valence-corrected chi connectivity index (χ0v) is 18.8. The number of hydrogen-bond donors (Lipinski definition) is 2. The van der Waals surface area contributed by atoms with E-state index < -0.39 is 16.1 Å². The molecule has 0 saturated heterocycles. The molecule has 0 aliphatic rings. The molecular weight excluding hydrogens is 440 g/mol. The molecule has 1 atom stereocenters. The average molecular weight is 463 g/mol. The number of carbonyl (C=O) groups excluding carboxylic acids is 1. The molecule has 0 aliphatic carbocycles. The lowest BCUT2D eigenvalue weighted by molar-refractivity contribution is 0.102. The van der Waals surface area contributed by atoms with Crippen molar-refractivity contribution < 1.29 is 22.7 Å². The van der Waals surface area contributed by atoms with E-state index in [9.17, 15) is 13.2 Å². The average Bonchev–Trinajstić information content (AvgIpc) is 3.22. The van der Waals surface area contributed by atoms with E-state index in [-0.39, 0.29) is 22.0 Å². The lowest BCUT2D eigenvalue weighted by Crippen LogP contribution is -2.36. The summed E-state index contributed by atoms with van der Waals surface area (Å²) in [6.45, 7) is 3.59. The molecule has 2 aromatic carbocycles. The molecule has 0 bridgehead atoms. The van der Waals surface area contributed by atoms with Gasteiger partial charge in [-0.15, -0.1) is 10.2 Å². The highest BCUT2D eigenvalue weighted by molar-refractivity contribution is 7.91. The quantitative estimate of drug-likeness (QED) is 0.469. The summed E-state index contributed by atoms with van der Waals surface area (Å²) >= 11 is 0.770. The number of sulfonamides is 1. The first-order valence-corrected chi connectivity index (χ1v) is 11.6. The summed E-state index contributed by atoms with van der Waals surface area (Å²) in [6, 6.07) is 13.5. The number of hydrogen-bond acceptors (Lipinski definition) is 8. The second-order valence-corrected chi connectivity index (χ2v) is 9.52. The smallest absolute Gasteiger partial charge is 0.270 e. The van der Waals surface area contributed by atoms with Crippen molar-refractivity contribution in [2.75, 3.05) is 19.0 Å². The fraction of sp³-hybridized carbons (Fsp3) is 0.250. The molecule has 9 nitrogen and oxygen atoms in total. The second-order valence-electron chi connectivity index (χ2n) is 6.65. The van der Waals surface area contributed by atoms with Crippen LogP contribution in [0.4, 0.5) is 5.13 Å². The summed E-state index contributed by atoms with van der Waals surface area (Å²) in [6.07, 6.45) is 0. The minimum Gasteiger partial charge on any atom is -0.497 e. The van der Waals surface area contributed by atoms with E-state index in [4.69, 9.17) is 9.47 Å². The number of aromatic nitrogens is 2. The van der Waals surface area contributed by atoms with Crippen LogP contribution >= 0.6 is 11.3 Å². The van der Waals surface area contributed by atoms with Crippen molar-refractivity contribution in [2.45, 2.75) is 24.2 Å². The van der Waals surface area contributed by atoms with E-state index >= 15 is 0 Å². The zero-order valence-electron chi connectivity index (χ0n) is 17.2. The summed E-state index contributed by atoms with van der Waals surface area (Å²) in [4.78, 5) is 12.4. The number of nitrogens with zero attached hydrogens (tertiary/aromatic N) is 2. The van der Waals surface area contributed by atoms with Crippen LogP contribution in [0, 0.1) is 6.92 Å². The number of anilines is 1. The monoisotopic (exact) mass is 462 g/mol. The molecule has 0 fully saturated rings. The van der Waals surface area contributed by atoms with Crippen LogP contribution < -0.4 is 19.5 Å². The number of methoxy groups -OCH3 is 1. The van der Waals surface area contributed by atoms with Crippen molar-refractivity contribution >= 4 is 32.4 Å². The molecule has 31 heavy (non-hydrogen) atoms. The number of amides is 1. The Kier molecular flexibility index (Phi) is 7.21. The standard InChI is InChI=1S/C20H22N4O5S2/c1-13-6-4-5-7-17(13)18(25)21-19-22-23-20(30-19)31(26,27)24-14(2)12-29-16-10-8-15(28-3)9-11-16/h4-11,14,24H,12H2,1-3H3,(H,21,22,25). The van der Waals surface area contributed by atoms with Crippen LogP contribution in [0.15, 0.2) is 52.9 Å². The van der Waals surface area contributed by atoms with Crippen molar-refractivity contribution in [3.8, 4) is 11.5 Å². The van der Waals surface area contributed by atoms with Gasteiger partial charge in [-0.2, -0.15) is 0 Å². The molecule has 1 amide bonds. The minimum absolute atomic E-state index is 0.0933. The highest BCUT2D eigenvalue weighted by Crippen LogP contribution is 2.22. The van der Waals surface area contributed by atoms with E-state index in [1.807, 2.05) is 19.1 Å². The third kappa shape index (κ3) is 6.00. The van der Waals surface area contributed by atoms with Crippen LogP contribution in [0.3, 0.4) is 0 Å². The molecule has 1 aromatic heterocycles. The molecule has 0 spiro atoms. The Hall–Kier alpha value is -3.02. The summed E-state index contributed by atoms with van der Waals surface area (Å²) in [5.74, 6) is 0.902. The number of carbonyl (C=O) groups is 1. The minimum atomic E-state index is -3.92. The van der Waals surface area contributed by atoms with Gasteiger partial charge in [-0.3, -0.25) is 10.1 Å². The molecule has 1 unspecified atom stereocenters. The first-order chi connectivity index (χ1) is 14.8. The van der Waals surface area contributed by atoms with Gasteiger partial charge in [-0.25, -0.2) is 13.1 Å². The van der Waals surface area contributed by atoms with Crippen LogP contribution in [0.5, 0.6) is 11.5 Å². The van der Waals surface area contributed by atoms with E-state index in [1.165, 1.54) is 0 Å². The lowest BCUT2D eigenvalue weighted by atomic mass is 10.1. The SMILES string of the molecule is COc1ccc(OCC(C)NS(=O)(=O)c2nnc(NC(=O)c3ccccc3C)s2)cc1. The van der Waals surface area contributed by atoms with E-state index in [0.29, 0.717) is 17.1 Å². The van der Waals surface area contributed by atoms with E-state index in [0.717, 1.165) is 16.9 Å². The van der Waals surface area contributed by atoms with Crippen molar-refractivity contribution in [2.24, 2.45) is 0 Å². The number of rotatable bonds is 9. The maximum atomic E-state index is 12.6. The Balaban J connectivity index is 1.58. The predicted molar refractivity (Wildman–Crippen MR) is 117 cm³/mol. The van der Waals surface area contributed by atoms with Crippen LogP contribution in [0.25, 0.3) is 0 Å². The summed E-state index contributed by atoms with van der Waals surface area (Å²) < 4.78 is 38.1. The maximum Gasteiger partial charge on any atom is 0.270 e. The van der Waals surface area contributed by atoms with Gasteiger partial charge in [0, 0.05) is 5.56 Å². The van der Waals surface area contributed by atoms with Crippen molar-refractivity contribution in [3.05, 3.63) is 59.7 Å². The largest absolute Gasteiger partial charge is 0.497 e. The molecule has 1 heterocycles. The normalized spacial score (nSPS) is 12.2. The topological polar surface area (TPSA) is 120 Å². The van der Waals surface area contributed by atoms with Gasteiger partial charge in [0.25, 0.3) is 15.9 Å². The molecular formula is C20H22N4O5S2. The number of benzene rings is 2. The predicted octanol–water partition coefficient (Wildman–Crippen LogP) is 2.85. The van der Waals surface area contributed by atoms with Gasteiger partial charge in [0.15, 0.2) is 0 Å². The highest BCUT2D eigenvalue weighted by Gasteiger charge is 2.23. The van der Waals surface area contributed by atoms with Gasteiger partial charge < -0.3 is 9.47 Å². The van der Waals surface area contributed by atoms with Gasteiger partial charge in [0.05, 0.1) is 13.2 Å². The Morgan fingerprint density at radius 3 is 2.45 bits per heavy atom. The van der Waals surface area contributed by atoms with Crippen LogP contribution in [0.2, 0.25) is 0 Å². The molecule has 0 radical (unpaired) electrons.